The lowest BCUT2D eigenvalue weighted by molar-refractivity contribution is -0.132. The Balaban J connectivity index is 2.07. The van der Waals surface area contributed by atoms with Gasteiger partial charge in [-0.15, -0.1) is 0 Å². The van der Waals surface area contributed by atoms with Gasteiger partial charge in [0.05, 0.1) is 0 Å². The van der Waals surface area contributed by atoms with Crippen LogP contribution >= 0.6 is 23.2 Å². The summed E-state index contributed by atoms with van der Waals surface area (Å²) in [5, 5.41) is 5.48. The van der Waals surface area contributed by atoms with Crippen LogP contribution in [0.25, 0.3) is 0 Å². The van der Waals surface area contributed by atoms with Crippen LogP contribution in [-0.4, -0.2) is 17.6 Å². The molecule has 0 aromatic heterocycles. The molecule has 0 atom stereocenters. The Morgan fingerprint density at radius 2 is 1.39 bits per heavy atom. The van der Waals surface area contributed by atoms with Gasteiger partial charge in [-0.2, -0.15) is 0 Å². The quantitative estimate of drug-likeness (QED) is 0.653. The summed E-state index contributed by atoms with van der Waals surface area (Å²) in [5.74, 6) is -1.89. The predicted molar refractivity (Wildman–Crippen MR) is 90.2 cm³/mol. The van der Waals surface area contributed by atoms with Gasteiger partial charge in [0.15, 0.2) is 5.78 Å². The zero-order chi connectivity index (χ0) is 17.0. The van der Waals surface area contributed by atoms with Crippen LogP contribution in [0.1, 0.15) is 17.3 Å². The summed E-state index contributed by atoms with van der Waals surface area (Å²) < 4.78 is 0. The molecule has 0 spiro atoms. The number of amides is 2. The van der Waals surface area contributed by atoms with E-state index in [0.717, 1.165) is 0 Å². The summed E-state index contributed by atoms with van der Waals surface area (Å²) in [6.07, 6.45) is 0. The van der Waals surface area contributed by atoms with E-state index in [2.05, 4.69) is 10.6 Å². The highest BCUT2D eigenvalue weighted by Crippen LogP contribution is 2.22. The molecule has 0 saturated heterocycles. The van der Waals surface area contributed by atoms with Crippen molar-refractivity contribution in [2.24, 2.45) is 0 Å². The molecule has 0 aliphatic carbocycles. The van der Waals surface area contributed by atoms with Crippen LogP contribution in [0, 0.1) is 0 Å². The fourth-order valence-corrected chi connectivity index (χ4v) is 2.34. The van der Waals surface area contributed by atoms with Crippen LogP contribution in [0.2, 0.25) is 10.0 Å². The Hall–Kier alpha value is -2.37. The molecule has 7 heteroatoms. The topological polar surface area (TPSA) is 75.3 Å². The van der Waals surface area contributed by atoms with Gasteiger partial charge in [-0.1, -0.05) is 35.3 Å². The van der Waals surface area contributed by atoms with E-state index in [1.54, 1.807) is 18.2 Å². The van der Waals surface area contributed by atoms with Gasteiger partial charge in [-0.25, -0.2) is 0 Å². The Morgan fingerprint density at radius 3 is 1.96 bits per heavy atom. The lowest BCUT2D eigenvalue weighted by atomic mass is 10.1. The summed E-state index contributed by atoms with van der Waals surface area (Å²) >= 11 is 11.6. The highest BCUT2D eigenvalue weighted by atomic mass is 35.5. The third kappa shape index (κ3) is 4.81. The number of Topliss-reactive ketones (excluding diaryl/α,β-unsaturated/α-hetero) is 1. The minimum absolute atomic E-state index is 0.140. The zero-order valence-electron chi connectivity index (χ0n) is 12.0. The molecule has 2 aromatic rings. The van der Waals surface area contributed by atoms with E-state index in [4.69, 9.17) is 23.2 Å². The van der Waals surface area contributed by atoms with E-state index in [1.807, 2.05) is 0 Å². The SMILES string of the molecule is CC(=O)c1cccc(NC(=O)C(=O)Nc2cc(Cl)cc(Cl)c2)c1. The van der Waals surface area contributed by atoms with Crippen molar-refractivity contribution >= 4 is 52.2 Å². The molecule has 2 N–H and O–H groups in total. The lowest BCUT2D eigenvalue weighted by Crippen LogP contribution is -2.29. The molecule has 0 heterocycles. The number of carbonyl (C=O) groups is 3. The maximum Gasteiger partial charge on any atom is 0.314 e. The minimum Gasteiger partial charge on any atom is -0.318 e. The van der Waals surface area contributed by atoms with Crippen LogP contribution in [0.4, 0.5) is 11.4 Å². The average Bonchev–Trinajstić information content (AvgIpc) is 2.46. The van der Waals surface area contributed by atoms with Gasteiger partial charge < -0.3 is 10.6 Å². The number of halogens is 2. The molecule has 0 radical (unpaired) electrons. The lowest BCUT2D eigenvalue weighted by Gasteiger charge is -2.08. The number of carbonyl (C=O) groups excluding carboxylic acids is 3. The molecule has 5 nitrogen and oxygen atoms in total. The molecule has 0 unspecified atom stereocenters. The smallest absolute Gasteiger partial charge is 0.314 e. The summed E-state index contributed by atoms with van der Waals surface area (Å²) in [4.78, 5) is 35.1. The number of ketones is 1. The maximum absolute atomic E-state index is 11.9. The van der Waals surface area contributed by atoms with E-state index in [1.165, 1.54) is 31.2 Å². The molecule has 118 valence electrons. The molecule has 0 aliphatic heterocycles. The molecule has 2 rings (SSSR count). The molecule has 23 heavy (non-hydrogen) atoms. The summed E-state index contributed by atoms with van der Waals surface area (Å²) in [6, 6.07) is 10.7. The van der Waals surface area contributed by atoms with Gasteiger partial charge in [0.1, 0.15) is 0 Å². The predicted octanol–water partition coefficient (Wildman–Crippen LogP) is 3.77. The highest BCUT2D eigenvalue weighted by molar-refractivity contribution is 6.44. The minimum atomic E-state index is -0.878. The second-order valence-electron chi connectivity index (χ2n) is 4.70. The first-order chi connectivity index (χ1) is 10.8. The van der Waals surface area contributed by atoms with Crippen molar-refractivity contribution < 1.29 is 14.4 Å². The van der Waals surface area contributed by atoms with Crippen molar-refractivity contribution in [2.45, 2.75) is 6.92 Å². The first-order valence-electron chi connectivity index (χ1n) is 6.54. The second kappa shape index (κ2) is 7.26. The number of hydrogen-bond acceptors (Lipinski definition) is 3. The maximum atomic E-state index is 11.9. The van der Waals surface area contributed by atoms with E-state index in [-0.39, 0.29) is 5.78 Å². The second-order valence-corrected chi connectivity index (χ2v) is 5.58. The number of anilines is 2. The Kier molecular flexibility index (Phi) is 5.36. The molecule has 2 amide bonds. The van der Waals surface area contributed by atoms with Crippen molar-refractivity contribution in [3.63, 3.8) is 0 Å². The molecular weight excluding hydrogens is 339 g/mol. The normalized spacial score (nSPS) is 10.0. The average molecular weight is 351 g/mol. The fraction of sp³-hybridized carbons (Fsp3) is 0.0625. The Morgan fingerprint density at radius 1 is 0.826 bits per heavy atom. The first-order valence-corrected chi connectivity index (χ1v) is 7.30. The van der Waals surface area contributed by atoms with Crippen molar-refractivity contribution in [1.29, 1.82) is 0 Å². The Bertz CT molecular complexity index is 770. The number of benzene rings is 2. The van der Waals surface area contributed by atoms with Gasteiger partial charge in [0.2, 0.25) is 0 Å². The van der Waals surface area contributed by atoms with Crippen LogP contribution in [0.15, 0.2) is 42.5 Å². The molecule has 2 aromatic carbocycles. The van der Waals surface area contributed by atoms with E-state index in [0.29, 0.717) is 27.0 Å². The molecule has 0 aliphatic rings. The summed E-state index contributed by atoms with van der Waals surface area (Å²) in [5.41, 5.74) is 1.09. The van der Waals surface area contributed by atoms with Crippen LogP contribution in [0.5, 0.6) is 0 Å². The molecule has 0 saturated carbocycles. The van der Waals surface area contributed by atoms with Gasteiger partial charge in [0, 0.05) is 27.0 Å². The molecular formula is C16H12Cl2N2O3. The van der Waals surface area contributed by atoms with Crippen molar-refractivity contribution in [2.75, 3.05) is 10.6 Å². The van der Waals surface area contributed by atoms with Crippen molar-refractivity contribution in [1.82, 2.24) is 0 Å². The number of rotatable bonds is 3. The van der Waals surface area contributed by atoms with Crippen LogP contribution in [-0.2, 0) is 9.59 Å². The standard InChI is InChI=1S/C16H12Cl2N2O3/c1-9(21)10-3-2-4-13(5-10)19-15(22)16(23)20-14-7-11(17)6-12(18)8-14/h2-8H,1H3,(H,19,22)(H,20,23). The Labute approximate surface area is 142 Å². The van der Waals surface area contributed by atoms with Crippen molar-refractivity contribution in [3.05, 3.63) is 58.1 Å². The zero-order valence-corrected chi connectivity index (χ0v) is 13.5. The number of nitrogens with one attached hydrogen (secondary N) is 2. The van der Waals surface area contributed by atoms with Gasteiger partial charge in [-0.3, -0.25) is 14.4 Å². The van der Waals surface area contributed by atoms with Crippen LogP contribution < -0.4 is 10.6 Å². The molecule has 0 fully saturated rings. The fourth-order valence-electron chi connectivity index (χ4n) is 1.82. The summed E-state index contributed by atoms with van der Waals surface area (Å²) in [6.45, 7) is 1.41. The third-order valence-electron chi connectivity index (χ3n) is 2.85. The summed E-state index contributed by atoms with van der Waals surface area (Å²) in [7, 11) is 0. The van der Waals surface area contributed by atoms with E-state index < -0.39 is 11.8 Å². The molecule has 0 bridgehead atoms. The van der Waals surface area contributed by atoms with Gasteiger partial charge in [0.25, 0.3) is 0 Å². The van der Waals surface area contributed by atoms with E-state index in [9.17, 15) is 14.4 Å². The third-order valence-corrected chi connectivity index (χ3v) is 3.29. The monoisotopic (exact) mass is 350 g/mol. The first kappa shape index (κ1) is 17.0. The van der Waals surface area contributed by atoms with Gasteiger partial charge in [-0.05, 0) is 37.3 Å². The van der Waals surface area contributed by atoms with Gasteiger partial charge >= 0.3 is 11.8 Å². The van der Waals surface area contributed by atoms with Crippen LogP contribution in [0.3, 0.4) is 0 Å². The number of hydrogen-bond donors (Lipinski definition) is 2. The highest BCUT2D eigenvalue weighted by Gasteiger charge is 2.15. The largest absolute Gasteiger partial charge is 0.318 e. The van der Waals surface area contributed by atoms with Crippen molar-refractivity contribution in [3.8, 4) is 0 Å². The van der Waals surface area contributed by atoms with E-state index >= 15 is 0 Å².